The van der Waals surface area contributed by atoms with Gasteiger partial charge in [0, 0.05) is 23.8 Å². The van der Waals surface area contributed by atoms with Crippen molar-refractivity contribution in [3.8, 4) is 0 Å². The van der Waals surface area contributed by atoms with Crippen LogP contribution in [0.15, 0.2) is 18.2 Å². The molecule has 0 aromatic heterocycles. The maximum Gasteiger partial charge on any atom is 0.130 e. The molecular formula is C16H25FN2O. The Morgan fingerprint density at radius 3 is 2.90 bits per heavy atom. The first-order chi connectivity index (χ1) is 9.69. The minimum absolute atomic E-state index is 0.0474. The first-order valence-electron chi connectivity index (χ1n) is 7.52. The van der Waals surface area contributed by atoms with Crippen molar-refractivity contribution in [3.63, 3.8) is 0 Å². The number of hydrogen-bond acceptors (Lipinski definition) is 3. The first kappa shape index (κ1) is 15.3. The van der Waals surface area contributed by atoms with Crippen LogP contribution in [-0.4, -0.2) is 31.3 Å². The molecule has 0 saturated carbocycles. The monoisotopic (exact) mass is 280 g/mol. The van der Waals surface area contributed by atoms with Gasteiger partial charge in [0.15, 0.2) is 0 Å². The molecular weight excluding hydrogens is 255 g/mol. The van der Waals surface area contributed by atoms with Crippen LogP contribution in [0, 0.1) is 5.82 Å². The average molecular weight is 280 g/mol. The minimum Gasteiger partial charge on any atom is -0.394 e. The number of aliphatic hydroxyl groups is 1. The zero-order chi connectivity index (χ0) is 14.5. The molecule has 2 N–H and O–H groups in total. The SMILES string of the molecule is CNC(C)c1c(F)cccc1N1CCCCCC1CO. The Balaban J connectivity index is 2.41. The molecule has 1 fully saturated rings. The van der Waals surface area contributed by atoms with Gasteiger partial charge in [-0.25, -0.2) is 4.39 Å². The summed E-state index contributed by atoms with van der Waals surface area (Å²) in [7, 11) is 1.84. The van der Waals surface area contributed by atoms with E-state index < -0.39 is 0 Å². The van der Waals surface area contributed by atoms with E-state index in [4.69, 9.17) is 0 Å². The quantitative estimate of drug-likeness (QED) is 0.890. The molecule has 20 heavy (non-hydrogen) atoms. The first-order valence-corrected chi connectivity index (χ1v) is 7.52. The normalized spacial score (nSPS) is 21.6. The standard InChI is InChI=1S/C16H25FN2O/c1-12(18-2)16-14(17)8-6-9-15(16)19-10-5-3-4-7-13(19)11-20/h6,8-9,12-13,18,20H,3-5,7,10-11H2,1-2H3. The molecule has 2 atom stereocenters. The number of benzene rings is 1. The molecule has 0 bridgehead atoms. The summed E-state index contributed by atoms with van der Waals surface area (Å²) in [5.74, 6) is -0.176. The molecule has 2 rings (SSSR count). The van der Waals surface area contributed by atoms with E-state index in [1.165, 1.54) is 12.5 Å². The fourth-order valence-corrected chi connectivity index (χ4v) is 3.03. The van der Waals surface area contributed by atoms with Crippen LogP contribution in [0.25, 0.3) is 0 Å². The van der Waals surface area contributed by atoms with E-state index >= 15 is 0 Å². The van der Waals surface area contributed by atoms with E-state index in [1.807, 2.05) is 20.0 Å². The maximum absolute atomic E-state index is 14.2. The third kappa shape index (κ3) is 3.13. The Bertz CT molecular complexity index is 438. The molecule has 1 aromatic rings. The molecule has 1 saturated heterocycles. The Morgan fingerprint density at radius 1 is 1.40 bits per heavy atom. The molecule has 1 aromatic carbocycles. The summed E-state index contributed by atoms with van der Waals surface area (Å²) in [4.78, 5) is 2.19. The zero-order valence-corrected chi connectivity index (χ0v) is 12.4. The van der Waals surface area contributed by atoms with Crippen LogP contribution in [0.4, 0.5) is 10.1 Å². The molecule has 0 aliphatic carbocycles. The fraction of sp³-hybridized carbons (Fsp3) is 0.625. The van der Waals surface area contributed by atoms with E-state index in [9.17, 15) is 9.50 Å². The van der Waals surface area contributed by atoms with Gasteiger partial charge in [-0.3, -0.25) is 0 Å². The highest BCUT2D eigenvalue weighted by Crippen LogP contribution is 2.32. The predicted molar refractivity (Wildman–Crippen MR) is 80.6 cm³/mol. The van der Waals surface area contributed by atoms with Crippen molar-refractivity contribution in [1.29, 1.82) is 0 Å². The van der Waals surface area contributed by atoms with E-state index in [0.29, 0.717) is 5.56 Å². The lowest BCUT2D eigenvalue weighted by molar-refractivity contribution is 0.255. The second-order valence-electron chi connectivity index (χ2n) is 5.56. The molecule has 0 radical (unpaired) electrons. The number of anilines is 1. The summed E-state index contributed by atoms with van der Waals surface area (Å²) in [6.45, 7) is 2.98. The van der Waals surface area contributed by atoms with Crippen LogP contribution in [0.1, 0.15) is 44.2 Å². The van der Waals surface area contributed by atoms with Crippen molar-refractivity contribution in [2.75, 3.05) is 25.1 Å². The third-order valence-corrected chi connectivity index (χ3v) is 4.29. The molecule has 1 heterocycles. The van der Waals surface area contributed by atoms with E-state index in [0.717, 1.165) is 31.5 Å². The van der Waals surface area contributed by atoms with Gasteiger partial charge in [0.1, 0.15) is 5.82 Å². The zero-order valence-electron chi connectivity index (χ0n) is 12.4. The molecule has 0 spiro atoms. The second kappa shape index (κ2) is 7.04. The van der Waals surface area contributed by atoms with Crippen LogP contribution in [0.3, 0.4) is 0 Å². The predicted octanol–water partition coefficient (Wildman–Crippen LogP) is 2.85. The average Bonchev–Trinajstić information content (AvgIpc) is 2.71. The highest BCUT2D eigenvalue weighted by atomic mass is 19.1. The molecule has 2 unspecified atom stereocenters. The van der Waals surface area contributed by atoms with Gasteiger partial charge in [-0.2, -0.15) is 0 Å². The second-order valence-corrected chi connectivity index (χ2v) is 5.56. The Labute approximate surface area is 120 Å². The van der Waals surface area contributed by atoms with E-state index in [2.05, 4.69) is 10.2 Å². The highest BCUT2D eigenvalue weighted by Gasteiger charge is 2.25. The van der Waals surface area contributed by atoms with Crippen molar-refractivity contribution >= 4 is 5.69 Å². The number of hydrogen-bond donors (Lipinski definition) is 2. The van der Waals surface area contributed by atoms with Crippen LogP contribution in [0.5, 0.6) is 0 Å². The van der Waals surface area contributed by atoms with Gasteiger partial charge in [0.2, 0.25) is 0 Å². The molecule has 1 aliphatic rings. The van der Waals surface area contributed by atoms with Gasteiger partial charge in [-0.05, 0) is 38.9 Å². The Morgan fingerprint density at radius 2 is 2.20 bits per heavy atom. The maximum atomic E-state index is 14.2. The Kier molecular flexibility index (Phi) is 5.38. The van der Waals surface area contributed by atoms with E-state index in [1.54, 1.807) is 6.07 Å². The van der Waals surface area contributed by atoms with Gasteiger partial charge in [0.25, 0.3) is 0 Å². The van der Waals surface area contributed by atoms with Gasteiger partial charge >= 0.3 is 0 Å². The summed E-state index contributed by atoms with van der Waals surface area (Å²) in [5.41, 5.74) is 1.63. The smallest absolute Gasteiger partial charge is 0.130 e. The topological polar surface area (TPSA) is 35.5 Å². The van der Waals surface area contributed by atoms with Crippen LogP contribution in [0.2, 0.25) is 0 Å². The van der Waals surface area contributed by atoms with Gasteiger partial charge in [-0.15, -0.1) is 0 Å². The number of nitrogens with one attached hydrogen (secondary N) is 1. The molecule has 0 amide bonds. The van der Waals surface area contributed by atoms with Gasteiger partial charge < -0.3 is 15.3 Å². The summed E-state index contributed by atoms with van der Waals surface area (Å²) >= 11 is 0. The van der Waals surface area contributed by atoms with Crippen LogP contribution < -0.4 is 10.2 Å². The van der Waals surface area contributed by atoms with Crippen LogP contribution in [-0.2, 0) is 0 Å². The van der Waals surface area contributed by atoms with Crippen molar-refractivity contribution in [2.24, 2.45) is 0 Å². The lowest BCUT2D eigenvalue weighted by Gasteiger charge is -2.33. The highest BCUT2D eigenvalue weighted by molar-refractivity contribution is 5.56. The van der Waals surface area contributed by atoms with Crippen LogP contribution >= 0.6 is 0 Å². The largest absolute Gasteiger partial charge is 0.394 e. The number of nitrogens with zero attached hydrogens (tertiary/aromatic N) is 1. The van der Waals surface area contributed by atoms with Gasteiger partial charge in [-0.1, -0.05) is 18.9 Å². The minimum atomic E-state index is -0.176. The van der Waals surface area contributed by atoms with Crippen molar-refractivity contribution in [1.82, 2.24) is 5.32 Å². The van der Waals surface area contributed by atoms with E-state index in [-0.39, 0.29) is 24.5 Å². The molecule has 4 heteroatoms. The summed E-state index contributed by atoms with van der Waals surface area (Å²) in [5, 5.41) is 12.8. The van der Waals surface area contributed by atoms with Gasteiger partial charge in [0.05, 0.1) is 12.6 Å². The van der Waals surface area contributed by atoms with Crippen molar-refractivity contribution in [2.45, 2.75) is 44.7 Å². The molecule has 1 aliphatic heterocycles. The number of rotatable bonds is 4. The lowest BCUT2D eigenvalue weighted by Crippen LogP contribution is -2.38. The summed E-state index contributed by atoms with van der Waals surface area (Å²) < 4.78 is 14.2. The fourth-order valence-electron chi connectivity index (χ4n) is 3.03. The summed E-state index contributed by atoms with van der Waals surface area (Å²) in [6.07, 6.45) is 4.38. The number of aliphatic hydroxyl groups excluding tert-OH is 1. The number of halogens is 1. The lowest BCUT2D eigenvalue weighted by atomic mass is 10.0. The van der Waals surface area contributed by atoms with Crippen molar-refractivity contribution < 1.29 is 9.50 Å². The Hall–Kier alpha value is -1.13. The summed E-state index contributed by atoms with van der Waals surface area (Å²) in [6, 6.07) is 5.30. The van der Waals surface area contributed by atoms with Crippen molar-refractivity contribution in [3.05, 3.63) is 29.6 Å². The molecule has 112 valence electrons. The third-order valence-electron chi connectivity index (χ3n) is 4.29. The molecule has 3 nitrogen and oxygen atoms in total.